The monoisotopic (exact) mass is 291 g/mol. The number of carboxylic acid groups (broad SMARTS) is 1. The number of sulfonamides is 1. The summed E-state index contributed by atoms with van der Waals surface area (Å²) in [6, 6.07) is 3.28. The van der Waals surface area contributed by atoms with Crippen molar-refractivity contribution < 1.29 is 18.3 Å². The number of carboxylic acids is 1. The summed E-state index contributed by atoms with van der Waals surface area (Å²) in [5.41, 5.74) is 0. The molecule has 1 aromatic heterocycles. The van der Waals surface area contributed by atoms with E-state index in [0.717, 1.165) is 11.8 Å². The van der Waals surface area contributed by atoms with E-state index in [9.17, 15) is 13.2 Å². The lowest BCUT2D eigenvalue weighted by Gasteiger charge is -2.22. The highest BCUT2D eigenvalue weighted by Crippen LogP contribution is 2.27. The molecule has 1 heterocycles. The molecular formula is C11H17NO4S2. The second kappa shape index (κ2) is 5.81. The minimum atomic E-state index is -3.87. The standard InChI is InChI=1S/C11H17NO4S2/c1-7(2)10(9-5-4-6-17-9)12-18(15,16)8(3)11(13)14/h4-8,10,12H,1-3H3,(H,13,14). The average molecular weight is 291 g/mol. The highest BCUT2D eigenvalue weighted by molar-refractivity contribution is 7.90. The van der Waals surface area contributed by atoms with Crippen LogP contribution in [0.25, 0.3) is 0 Å². The van der Waals surface area contributed by atoms with Crippen molar-refractivity contribution in [3.63, 3.8) is 0 Å². The van der Waals surface area contributed by atoms with Gasteiger partial charge in [0, 0.05) is 4.88 Å². The number of nitrogens with one attached hydrogen (secondary N) is 1. The van der Waals surface area contributed by atoms with Gasteiger partial charge in [-0.1, -0.05) is 19.9 Å². The molecule has 0 aromatic carbocycles. The summed E-state index contributed by atoms with van der Waals surface area (Å²) in [5, 5.41) is 9.18. The van der Waals surface area contributed by atoms with Gasteiger partial charge in [0.1, 0.15) is 0 Å². The summed E-state index contributed by atoms with van der Waals surface area (Å²) < 4.78 is 26.3. The Bertz CT molecular complexity index is 493. The molecule has 0 saturated heterocycles. The fourth-order valence-corrected chi connectivity index (χ4v) is 3.65. The third kappa shape index (κ3) is 3.54. The molecule has 102 valence electrons. The van der Waals surface area contributed by atoms with Gasteiger partial charge in [-0.25, -0.2) is 13.1 Å². The van der Waals surface area contributed by atoms with E-state index in [1.165, 1.54) is 11.3 Å². The summed E-state index contributed by atoms with van der Waals surface area (Å²) in [4.78, 5) is 11.6. The first-order chi connectivity index (χ1) is 8.25. The zero-order valence-electron chi connectivity index (χ0n) is 10.5. The van der Waals surface area contributed by atoms with Crippen molar-refractivity contribution in [2.75, 3.05) is 0 Å². The molecule has 0 fully saturated rings. The molecule has 0 spiro atoms. The molecule has 5 nitrogen and oxygen atoms in total. The van der Waals surface area contributed by atoms with Crippen LogP contribution in [0, 0.1) is 5.92 Å². The van der Waals surface area contributed by atoms with E-state index in [1.807, 2.05) is 31.4 Å². The van der Waals surface area contributed by atoms with E-state index >= 15 is 0 Å². The Kier molecular flexibility index (Phi) is 4.89. The minimum Gasteiger partial charge on any atom is -0.480 e. The van der Waals surface area contributed by atoms with Gasteiger partial charge in [0.05, 0.1) is 6.04 Å². The van der Waals surface area contributed by atoms with Gasteiger partial charge in [-0.3, -0.25) is 4.79 Å². The van der Waals surface area contributed by atoms with Crippen LogP contribution in [0.15, 0.2) is 17.5 Å². The van der Waals surface area contributed by atoms with E-state index < -0.39 is 27.3 Å². The Balaban J connectivity index is 2.96. The number of hydrogen-bond acceptors (Lipinski definition) is 4. The third-order valence-corrected chi connectivity index (χ3v) is 5.29. The number of rotatable bonds is 6. The molecule has 2 atom stereocenters. The summed E-state index contributed by atoms with van der Waals surface area (Å²) in [6.45, 7) is 4.94. The lowest BCUT2D eigenvalue weighted by Crippen LogP contribution is -2.40. The van der Waals surface area contributed by atoms with Crippen molar-refractivity contribution in [1.29, 1.82) is 0 Å². The zero-order valence-corrected chi connectivity index (χ0v) is 12.1. The normalized spacial score (nSPS) is 15.6. The van der Waals surface area contributed by atoms with Crippen LogP contribution in [-0.2, 0) is 14.8 Å². The van der Waals surface area contributed by atoms with Crippen molar-refractivity contribution >= 4 is 27.3 Å². The Morgan fingerprint density at radius 2 is 2.00 bits per heavy atom. The number of carbonyl (C=O) groups is 1. The van der Waals surface area contributed by atoms with Gasteiger partial charge in [0.25, 0.3) is 0 Å². The summed E-state index contributed by atoms with van der Waals surface area (Å²) in [5.74, 6) is -1.31. The molecule has 0 aliphatic rings. The maximum Gasteiger partial charge on any atom is 0.323 e. The van der Waals surface area contributed by atoms with Crippen LogP contribution in [0.1, 0.15) is 31.7 Å². The van der Waals surface area contributed by atoms with E-state index in [0.29, 0.717) is 0 Å². The van der Waals surface area contributed by atoms with Crippen LogP contribution >= 0.6 is 11.3 Å². The molecular weight excluding hydrogens is 274 g/mol. The van der Waals surface area contributed by atoms with Crippen LogP contribution < -0.4 is 4.72 Å². The molecule has 18 heavy (non-hydrogen) atoms. The predicted molar refractivity (Wildman–Crippen MR) is 71.1 cm³/mol. The molecule has 1 aromatic rings. The molecule has 0 saturated carbocycles. The van der Waals surface area contributed by atoms with Crippen LogP contribution in [0.3, 0.4) is 0 Å². The van der Waals surface area contributed by atoms with Gasteiger partial charge in [0.15, 0.2) is 5.25 Å². The number of aliphatic carboxylic acids is 1. The zero-order chi connectivity index (χ0) is 13.9. The molecule has 0 bridgehead atoms. The van der Waals surface area contributed by atoms with Gasteiger partial charge >= 0.3 is 5.97 Å². The Hall–Kier alpha value is -0.920. The smallest absolute Gasteiger partial charge is 0.323 e. The largest absolute Gasteiger partial charge is 0.480 e. The van der Waals surface area contributed by atoms with Gasteiger partial charge in [0.2, 0.25) is 10.0 Å². The predicted octanol–water partition coefficient (Wildman–Crippen LogP) is 1.84. The highest BCUT2D eigenvalue weighted by Gasteiger charge is 2.31. The number of thiophene rings is 1. The fraction of sp³-hybridized carbons (Fsp3) is 0.545. The summed E-state index contributed by atoms with van der Waals surface area (Å²) in [6.07, 6.45) is 0. The van der Waals surface area contributed by atoms with Crippen molar-refractivity contribution in [3.05, 3.63) is 22.4 Å². The van der Waals surface area contributed by atoms with Gasteiger partial charge in [-0.2, -0.15) is 0 Å². The second-order valence-electron chi connectivity index (χ2n) is 4.38. The molecule has 0 aliphatic carbocycles. The van der Waals surface area contributed by atoms with Crippen molar-refractivity contribution in [2.45, 2.75) is 32.1 Å². The van der Waals surface area contributed by atoms with Crippen LogP contribution in [0.4, 0.5) is 0 Å². The van der Waals surface area contributed by atoms with E-state index in [1.54, 1.807) is 0 Å². The topological polar surface area (TPSA) is 83.5 Å². The molecule has 1 rings (SSSR count). The average Bonchev–Trinajstić information content (AvgIpc) is 2.77. The van der Waals surface area contributed by atoms with Crippen molar-refractivity contribution in [3.8, 4) is 0 Å². The van der Waals surface area contributed by atoms with Crippen LogP contribution in [-0.4, -0.2) is 24.7 Å². The summed E-state index contributed by atoms with van der Waals surface area (Å²) >= 11 is 1.45. The first-order valence-electron chi connectivity index (χ1n) is 5.53. The maximum absolute atomic E-state index is 11.9. The van der Waals surface area contributed by atoms with Gasteiger partial charge in [-0.15, -0.1) is 11.3 Å². The Labute approximate surface area is 111 Å². The van der Waals surface area contributed by atoms with E-state index in [2.05, 4.69) is 4.72 Å². The SMILES string of the molecule is CC(C)C(NS(=O)(=O)C(C)C(=O)O)c1cccs1. The van der Waals surface area contributed by atoms with Crippen LogP contribution in [0.5, 0.6) is 0 Å². The molecule has 0 radical (unpaired) electrons. The lowest BCUT2D eigenvalue weighted by atomic mass is 10.0. The molecule has 7 heteroatoms. The maximum atomic E-state index is 11.9. The fourth-order valence-electron chi connectivity index (χ4n) is 1.40. The lowest BCUT2D eigenvalue weighted by molar-refractivity contribution is -0.136. The van der Waals surface area contributed by atoms with Crippen molar-refractivity contribution in [1.82, 2.24) is 4.72 Å². The first kappa shape index (κ1) is 15.1. The second-order valence-corrected chi connectivity index (χ2v) is 7.39. The quantitative estimate of drug-likeness (QED) is 0.837. The molecule has 0 aliphatic heterocycles. The van der Waals surface area contributed by atoms with E-state index in [-0.39, 0.29) is 5.92 Å². The van der Waals surface area contributed by atoms with Crippen LogP contribution in [0.2, 0.25) is 0 Å². The van der Waals surface area contributed by atoms with Crippen molar-refractivity contribution in [2.24, 2.45) is 5.92 Å². The Morgan fingerprint density at radius 3 is 2.39 bits per heavy atom. The highest BCUT2D eigenvalue weighted by atomic mass is 32.2. The molecule has 2 N–H and O–H groups in total. The third-order valence-electron chi connectivity index (χ3n) is 2.62. The van der Waals surface area contributed by atoms with E-state index in [4.69, 9.17) is 5.11 Å². The molecule has 0 amide bonds. The first-order valence-corrected chi connectivity index (χ1v) is 7.95. The Morgan fingerprint density at radius 1 is 1.39 bits per heavy atom. The van der Waals surface area contributed by atoms with Gasteiger partial charge in [-0.05, 0) is 24.3 Å². The summed E-state index contributed by atoms with van der Waals surface area (Å²) in [7, 11) is -3.87. The number of hydrogen-bond donors (Lipinski definition) is 2. The molecule has 2 unspecified atom stereocenters. The minimum absolute atomic E-state index is 0.0411. The van der Waals surface area contributed by atoms with Gasteiger partial charge < -0.3 is 5.11 Å².